The molecule has 14 heavy (non-hydrogen) atoms. The third kappa shape index (κ3) is 3.56. The standard InChI is InChI=1S/C11H13N.C2H6/c1-4-6-11-10(5-2)7-9(3)8-12-11;1-2/h4-8H,1H2,2-3H3;1-2H3/b10-5-,11-6+;. The van der Waals surface area contributed by atoms with Crippen molar-refractivity contribution in [3.8, 4) is 0 Å². The van der Waals surface area contributed by atoms with Gasteiger partial charge in [-0.3, -0.25) is 4.98 Å². The molecule has 1 rings (SSSR count). The predicted octanol–water partition coefficient (Wildman–Crippen LogP) is 2.18. The Hall–Kier alpha value is -1.37. The molecule has 0 N–H and O–H groups in total. The van der Waals surface area contributed by atoms with E-state index >= 15 is 0 Å². The summed E-state index contributed by atoms with van der Waals surface area (Å²) < 4.78 is 0. The van der Waals surface area contributed by atoms with E-state index in [1.807, 2.05) is 40.0 Å². The second kappa shape index (κ2) is 7.07. The predicted molar refractivity (Wildman–Crippen MR) is 64.4 cm³/mol. The molecule has 0 aliphatic carbocycles. The monoisotopic (exact) mass is 189 g/mol. The fourth-order valence-corrected chi connectivity index (χ4v) is 1.08. The molecule has 0 aromatic carbocycles. The maximum atomic E-state index is 4.28. The minimum Gasteiger partial charge on any atom is -0.256 e. The lowest BCUT2D eigenvalue weighted by Gasteiger charge is -1.91. The summed E-state index contributed by atoms with van der Waals surface area (Å²) in [6, 6.07) is 2.11. The van der Waals surface area contributed by atoms with Crippen LogP contribution in [0.2, 0.25) is 0 Å². The van der Waals surface area contributed by atoms with Gasteiger partial charge in [-0.05, 0) is 36.8 Å². The van der Waals surface area contributed by atoms with Crippen LogP contribution < -0.4 is 10.6 Å². The highest BCUT2D eigenvalue weighted by Gasteiger charge is 1.85. The summed E-state index contributed by atoms with van der Waals surface area (Å²) in [4.78, 5) is 4.28. The molecule has 0 aliphatic heterocycles. The van der Waals surface area contributed by atoms with E-state index in [0.29, 0.717) is 0 Å². The number of allylic oxidation sites excluding steroid dienone is 1. The SMILES string of the molecule is C=C/C=c1/ncc(C)c/c1=C/C.CC. The first-order valence-electron chi connectivity index (χ1n) is 4.99. The van der Waals surface area contributed by atoms with Gasteiger partial charge >= 0.3 is 0 Å². The molecule has 1 nitrogen and oxygen atoms in total. The molecule has 76 valence electrons. The largest absolute Gasteiger partial charge is 0.256 e. The molecule has 0 spiro atoms. The molecular formula is C13H19N. The van der Waals surface area contributed by atoms with Crippen LogP contribution in [0.5, 0.6) is 0 Å². The van der Waals surface area contributed by atoms with Gasteiger partial charge in [0.15, 0.2) is 0 Å². The van der Waals surface area contributed by atoms with E-state index in [2.05, 4.69) is 23.7 Å². The zero-order valence-corrected chi connectivity index (χ0v) is 9.54. The molecule has 1 aromatic rings. The summed E-state index contributed by atoms with van der Waals surface area (Å²) in [7, 11) is 0. The van der Waals surface area contributed by atoms with Gasteiger partial charge in [-0.15, -0.1) is 0 Å². The number of hydrogen-bond acceptors (Lipinski definition) is 1. The lowest BCUT2D eigenvalue weighted by molar-refractivity contribution is 1.18. The van der Waals surface area contributed by atoms with Gasteiger partial charge in [0.05, 0.1) is 5.35 Å². The van der Waals surface area contributed by atoms with Gasteiger partial charge in [-0.1, -0.05) is 32.6 Å². The van der Waals surface area contributed by atoms with Crippen molar-refractivity contribution in [2.45, 2.75) is 27.7 Å². The molecule has 0 unspecified atom stereocenters. The minimum absolute atomic E-state index is 0.984. The van der Waals surface area contributed by atoms with E-state index in [-0.39, 0.29) is 0 Å². The van der Waals surface area contributed by atoms with Crippen molar-refractivity contribution in [1.29, 1.82) is 0 Å². The summed E-state index contributed by atoms with van der Waals surface area (Å²) in [6.45, 7) is 11.7. The molecule has 0 radical (unpaired) electrons. The number of aromatic nitrogens is 1. The van der Waals surface area contributed by atoms with E-state index in [0.717, 1.165) is 10.6 Å². The third-order valence-corrected chi connectivity index (χ3v) is 1.67. The quantitative estimate of drug-likeness (QED) is 0.660. The minimum atomic E-state index is 0.984. The van der Waals surface area contributed by atoms with Crippen LogP contribution in [0, 0.1) is 6.92 Å². The van der Waals surface area contributed by atoms with E-state index in [1.54, 1.807) is 6.08 Å². The van der Waals surface area contributed by atoms with Crippen LogP contribution in [-0.4, -0.2) is 4.98 Å². The van der Waals surface area contributed by atoms with Crippen LogP contribution in [-0.2, 0) is 0 Å². The van der Waals surface area contributed by atoms with Crippen molar-refractivity contribution in [3.05, 3.63) is 41.0 Å². The van der Waals surface area contributed by atoms with Gasteiger partial charge in [-0.2, -0.15) is 0 Å². The van der Waals surface area contributed by atoms with Crippen molar-refractivity contribution in [2.75, 3.05) is 0 Å². The summed E-state index contributed by atoms with van der Waals surface area (Å²) in [6.07, 6.45) is 7.58. The fraction of sp³-hybridized carbons (Fsp3) is 0.308. The summed E-state index contributed by atoms with van der Waals surface area (Å²) >= 11 is 0. The number of nitrogens with zero attached hydrogens (tertiary/aromatic N) is 1. The third-order valence-electron chi connectivity index (χ3n) is 1.67. The van der Waals surface area contributed by atoms with E-state index in [9.17, 15) is 0 Å². The molecule has 1 heteroatoms. The van der Waals surface area contributed by atoms with Crippen LogP contribution in [0.15, 0.2) is 24.9 Å². The number of rotatable bonds is 1. The maximum Gasteiger partial charge on any atom is 0.0698 e. The first kappa shape index (κ1) is 12.6. The van der Waals surface area contributed by atoms with E-state index in [4.69, 9.17) is 0 Å². The first-order chi connectivity index (χ1) is 6.77. The average Bonchev–Trinajstić information content (AvgIpc) is 2.24. The Morgan fingerprint density at radius 3 is 2.50 bits per heavy atom. The lowest BCUT2D eigenvalue weighted by atomic mass is 10.2. The number of hydrogen-bond donors (Lipinski definition) is 0. The zero-order valence-electron chi connectivity index (χ0n) is 9.54. The van der Waals surface area contributed by atoms with Crippen molar-refractivity contribution < 1.29 is 0 Å². The van der Waals surface area contributed by atoms with Gasteiger partial charge in [0.25, 0.3) is 0 Å². The van der Waals surface area contributed by atoms with E-state index < -0.39 is 0 Å². The maximum absolute atomic E-state index is 4.28. The number of aryl methyl sites for hydroxylation is 1. The Kier molecular flexibility index (Phi) is 6.38. The van der Waals surface area contributed by atoms with Crippen molar-refractivity contribution in [1.82, 2.24) is 4.98 Å². The van der Waals surface area contributed by atoms with Crippen LogP contribution in [0.1, 0.15) is 26.3 Å². The highest BCUT2D eigenvalue weighted by atomic mass is 14.6. The fourth-order valence-electron chi connectivity index (χ4n) is 1.08. The topological polar surface area (TPSA) is 12.9 Å². The molecule has 0 aliphatic rings. The Labute approximate surface area is 86.5 Å². The molecule has 1 heterocycles. The summed E-state index contributed by atoms with van der Waals surface area (Å²) in [5.74, 6) is 0. The Balaban J connectivity index is 0.000000791. The Morgan fingerprint density at radius 1 is 1.36 bits per heavy atom. The molecule has 0 bridgehead atoms. The van der Waals surface area contributed by atoms with Crippen LogP contribution in [0.25, 0.3) is 12.2 Å². The van der Waals surface area contributed by atoms with Crippen molar-refractivity contribution >= 4 is 12.2 Å². The molecule has 0 saturated carbocycles. The van der Waals surface area contributed by atoms with Crippen molar-refractivity contribution in [3.63, 3.8) is 0 Å². The molecule has 0 amide bonds. The second-order valence-electron chi connectivity index (χ2n) is 2.68. The van der Waals surface area contributed by atoms with Gasteiger partial charge in [0.2, 0.25) is 0 Å². The van der Waals surface area contributed by atoms with Gasteiger partial charge in [-0.25, -0.2) is 0 Å². The second-order valence-corrected chi connectivity index (χ2v) is 2.68. The highest BCUT2D eigenvalue weighted by Crippen LogP contribution is 1.82. The van der Waals surface area contributed by atoms with E-state index in [1.165, 1.54) is 5.56 Å². The molecule has 0 fully saturated rings. The van der Waals surface area contributed by atoms with Gasteiger partial charge < -0.3 is 0 Å². The molecule has 1 aromatic heterocycles. The van der Waals surface area contributed by atoms with Crippen LogP contribution in [0.3, 0.4) is 0 Å². The normalized spacial score (nSPS) is 12.0. The molecular weight excluding hydrogens is 170 g/mol. The van der Waals surface area contributed by atoms with Crippen LogP contribution in [0.4, 0.5) is 0 Å². The zero-order chi connectivity index (χ0) is 11.0. The Bertz CT molecular complexity index is 388. The molecule has 0 saturated heterocycles. The lowest BCUT2D eigenvalue weighted by Crippen LogP contribution is -2.27. The average molecular weight is 189 g/mol. The van der Waals surface area contributed by atoms with Crippen molar-refractivity contribution in [2.24, 2.45) is 0 Å². The van der Waals surface area contributed by atoms with Crippen LogP contribution >= 0.6 is 0 Å². The summed E-state index contributed by atoms with van der Waals surface area (Å²) in [5, 5.41) is 2.15. The number of pyridine rings is 1. The highest BCUT2D eigenvalue weighted by molar-refractivity contribution is 5.35. The van der Waals surface area contributed by atoms with Gasteiger partial charge in [0.1, 0.15) is 0 Å². The Morgan fingerprint density at radius 2 is 2.00 bits per heavy atom. The summed E-state index contributed by atoms with van der Waals surface area (Å²) in [5.41, 5.74) is 1.18. The van der Waals surface area contributed by atoms with Gasteiger partial charge in [0, 0.05) is 6.20 Å². The molecule has 0 atom stereocenters. The first-order valence-corrected chi connectivity index (χ1v) is 4.99. The smallest absolute Gasteiger partial charge is 0.0698 e.